The van der Waals surface area contributed by atoms with Crippen molar-refractivity contribution in [3.8, 4) is 0 Å². The van der Waals surface area contributed by atoms with E-state index in [1.807, 2.05) is 11.4 Å². The van der Waals surface area contributed by atoms with Crippen LogP contribution in [0.5, 0.6) is 0 Å². The van der Waals surface area contributed by atoms with E-state index in [1.165, 1.54) is 24.2 Å². The van der Waals surface area contributed by atoms with E-state index in [2.05, 4.69) is 6.92 Å². The molecule has 1 aromatic heterocycles. The van der Waals surface area contributed by atoms with Crippen LogP contribution in [0.15, 0.2) is 11.4 Å². The Morgan fingerprint density at radius 1 is 1.62 bits per heavy atom. The first kappa shape index (κ1) is 9.50. The number of halogens is 1. The summed E-state index contributed by atoms with van der Waals surface area (Å²) in [5, 5.41) is 11.9. The van der Waals surface area contributed by atoms with Gasteiger partial charge in [-0.2, -0.15) is 0 Å². The van der Waals surface area contributed by atoms with Crippen molar-refractivity contribution in [2.24, 2.45) is 11.8 Å². The molecular weight excluding hydrogens is 204 g/mol. The molecule has 0 amide bonds. The van der Waals surface area contributed by atoms with Gasteiger partial charge in [-0.3, -0.25) is 0 Å². The molecule has 1 aliphatic rings. The minimum absolute atomic E-state index is 0.354. The van der Waals surface area contributed by atoms with Gasteiger partial charge in [0.2, 0.25) is 0 Å². The first-order valence-electron chi connectivity index (χ1n) is 4.61. The van der Waals surface area contributed by atoms with E-state index in [-0.39, 0.29) is 6.10 Å². The van der Waals surface area contributed by atoms with Crippen molar-refractivity contribution < 1.29 is 5.11 Å². The average molecular weight is 217 g/mol. The van der Waals surface area contributed by atoms with E-state index in [4.69, 9.17) is 11.6 Å². The quantitative estimate of drug-likeness (QED) is 0.820. The molecule has 1 saturated carbocycles. The fourth-order valence-electron chi connectivity index (χ4n) is 1.68. The second kappa shape index (κ2) is 3.60. The highest BCUT2D eigenvalue weighted by atomic mass is 35.5. The Labute approximate surface area is 87.4 Å². The predicted octanol–water partition coefficient (Wildman–Crippen LogP) is 3.48. The van der Waals surface area contributed by atoms with Crippen molar-refractivity contribution in [2.75, 3.05) is 0 Å². The number of aliphatic hydroxyl groups is 1. The second-order valence-electron chi connectivity index (χ2n) is 3.79. The third kappa shape index (κ3) is 1.90. The van der Waals surface area contributed by atoms with Crippen LogP contribution in [-0.4, -0.2) is 5.11 Å². The summed E-state index contributed by atoms with van der Waals surface area (Å²) in [5.74, 6) is 1.07. The van der Waals surface area contributed by atoms with Crippen LogP contribution < -0.4 is 0 Å². The Balaban J connectivity index is 2.11. The molecule has 1 aliphatic carbocycles. The summed E-state index contributed by atoms with van der Waals surface area (Å²) in [6, 6.07) is 1.93. The fraction of sp³-hybridized carbons (Fsp3) is 0.600. The molecule has 72 valence electrons. The largest absolute Gasteiger partial charge is 0.388 e. The highest BCUT2D eigenvalue weighted by Crippen LogP contribution is 2.44. The first-order valence-corrected chi connectivity index (χ1v) is 5.87. The highest BCUT2D eigenvalue weighted by Gasteiger charge is 2.33. The van der Waals surface area contributed by atoms with Gasteiger partial charge in [-0.1, -0.05) is 18.5 Å². The molecule has 3 heteroatoms. The van der Waals surface area contributed by atoms with Gasteiger partial charge in [0, 0.05) is 5.56 Å². The molecule has 0 spiro atoms. The Kier molecular flexibility index (Phi) is 2.63. The van der Waals surface area contributed by atoms with Crippen LogP contribution in [0.4, 0.5) is 0 Å². The minimum atomic E-state index is -0.369. The summed E-state index contributed by atoms with van der Waals surface area (Å²) in [6.07, 6.45) is 2.16. The van der Waals surface area contributed by atoms with Gasteiger partial charge < -0.3 is 5.11 Å². The molecule has 0 aromatic carbocycles. The van der Waals surface area contributed by atoms with E-state index in [0.717, 1.165) is 9.90 Å². The van der Waals surface area contributed by atoms with Crippen molar-refractivity contribution in [1.82, 2.24) is 0 Å². The molecule has 1 aromatic rings. The molecule has 2 atom stereocenters. The fourth-order valence-corrected chi connectivity index (χ4v) is 2.67. The number of thiophene rings is 1. The van der Waals surface area contributed by atoms with Crippen LogP contribution in [-0.2, 0) is 0 Å². The van der Waals surface area contributed by atoms with Gasteiger partial charge in [-0.05, 0) is 36.1 Å². The van der Waals surface area contributed by atoms with E-state index < -0.39 is 0 Å². The highest BCUT2D eigenvalue weighted by molar-refractivity contribution is 7.14. The second-order valence-corrected chi connectivity index (χ2v) is 5.31. The third-order valence-electron chi connectivity index (χ3n) is 2.83. The summed E-state index contributed by atoms with van der Waals surface area (Å²) >= 11 is 7.45. The van der Waals surface area contributed by atoms with E-state index in [0.29, 0.717) is 11.8 Å². The van der Waals surface area contributed by atoms with E-state index >= 15 is 0 Å². The maximum absolute atomic E-state index is 9.99. The Morgan fingerprint density at radius 2 is 2.31 bits per heavy atom. The Morgan fingerprint density at radius 3 is 2.77 bits per heavy atom. The van der Waals surface area contributed by atoms with Crippen molar-refractivity contribution in [3.63, 3.8) is 0 Å². The zero-order chi connectivity index (χ0) is 9.42. The van der Waals surface area contributed by atoms with Gasteiger partial charge in [0.25, 0.3) is 0 Å². The predicted molar refractivity (Wildman–Crippen MR) is 56.2 cm³/mol. The van der Waals surface area contributed by atoms with Crippen molar-refractivity contribution in [3.05, 3.63) is 21.3 Å². The topological polar surface area (TPSA) is 20.2 Å². The molecule has 0 radical (unpaired) electrons. The summed E-state index contributed by atoms with van der Waals surface area (Å²) in [4.78, 5) is 0. The number of aliphatic hydroxyl groups excluding tert-OH is 1. The molecule has 1 heterocycles. The van der Waals surface area contributed by atoms with Gasteiger partial charge in [-0.15, -0.1) is 11.3 Å². The van der Waals surface area contributed by atoms with Crippen molar-refractivity contribution in [2.45, 2.75) is 25.9 Å². The summed E-state index contributed by atoms with van der Waals surface area (Å²) in [6.45, 7) is 2.11. The lowest BCUT2D eigenvalue weighted by atomic mass is 9.95. The zero-order valence-electron chi connectivity index (χ0n) is 7.53. The molecule has 2 rings (SSSR count). The van der Waals surface area contributed by atoms with Gasteiger partial charge in [0.05, 0.1) is 10.4 Å². The third-order valence-corrected chi connectivity index (χ3v) is 4.03. The molecule has 1 fully saturated rings. The van der Waals surface area contributed by atoms with Crippen LogP contribution in [0.25, 0.3) is 0 Å². The smallest absolute Gasteiger partial charge is 0.0986 e. The molecule has 13 heavy (non-hydrogen) atoms. The monoisotopic (exact) mass is 216 g/mol. The minimum Gasteiger partial charge on any atom is -0.388 e. The number of rotatable bonds is 3. The standard InChI is InChI=1S/C10H13ClOS/c1-6(7-2-3-7)9(12)8-4-5-13-10(8)11/h4-7,9,12H,2-3H2,1H3. The molecule has 2 unspecified atom stereocenters. The molecule has 0 saturated heterocycles. The average Bonchev–Trinajstić information content (AvgIpc) is 2.87. The van der Waals surface area contributed by atoms with Gasteiger partial charge in [0.15, 0.2) is 0 Å². The van der Waals surface area contributed by atoms with E-state index in [1.54, 1.807) is 0 Å². The summed E-state index contributed by atoms with van der Waals surface area (Å²) in [5.41, 5.74) is 0.908. The van der Waals surface area contributed by atoms with Crippen molar-refractivity contribution >= 4 is 22.9 Å². The summed E-state index contributed by atoms with van der Waals surface area (Å²) in [7, 11) is 0. The molecule has 1 N–H and O–H groups in total. The number of hydrogen-bond acceptors (Lipinski definition) is 2. The summed E-state index contributed by atoms with van der Waals surface area (Å²) < 4.78 is 0.736. The zero-order valence-corrected chi connectivity index (χ0v) is 9.11. The van der Waals surface area contributed by atoms with Crippen LogP contribution >= 0.6 is 22.9 Å². The molecule has 0 bridgehead atoms. The lowest BCUT2D eigenvalue weighted by Crippen LogP contribution is -2.10. The first-order chi connectivity index (χ1) is 6.20. The van der Waals surface area contributed by atoms with Crippen LogP contribution in [0.3, 0.4) is 0 Å². The normalized spacial score (nSPS) is 21.5. The van der Waals surface area contributed by atoms with Crippen molar-refractivity contribution in [1.29, 1.82) is 0 Å². The SMILES string of the molecule is CC(C1CC1)C(O)c1ccsc1Cl. The molecule has 0 aliphatic heterocycles. The Hall–Kier alpha value is -0.0500. The van der Waals surface area contributed by atoms with Gasteiger partial charge >= 0.3 is 0 Å². The lowest BCUT2D eigenvalue weighted by molar-refractivity contribution is 0.106. The lowest BCUT2D eigenvalue weighted by Gasteiger charge is -2.17. The van der Waals surface area contributed by atoms with Crippen LogP contribution in [0, 0.1) is 11.8 Å². The maximum Gasteiger partial charge on any atom is 0.0986 e. The van der Waals surface area contributed by atoms with Gasteiger partial charge in [0.1, 0.15) is 0 Å². The van der Waals surface area contributed by atoms with Gasteiger partial charge in [-0.25, -0.2) is 0 Å². The Bertz CT molecular complexity index is 293. The molecular formula is C10H13ClOS. The van der Waals surface area contributed by atoms with Crippen LogP contribution in [0.2, 0.25) is 4.34 Å². The van der Waals surface area contributed by atoms with Crippen LogP contribution in [0.1, 0.15) is 31.4 Å². The number of hydrogen-bond donors (Lipinski definition) is 1. The maximum atomic E-state index is 9.99. The molecule has 1 nitrogen and oxygen atoms in total. The van der Waals surface area contributed by atoms with E-state index in [9.17, 15) is 5.11 Å².